The van der Waals surface area contributed by atoms with E-state index in [1.807, 2.05) is 13.8 Å². The van der Waals surface area contributed by atoms with Crippen LogP contribution in [0.4, 0.5) is 0 Å². The number of carbonyl (C=O) groups is 2. The lowest BCUT2D eigenvalue weighted by atomic mass is 9.43. The lowest BCUT2D eigenvalue weighted by Crippen LogP contribution is -2.57. The molecule has 31 heavy (non-hydrogen) atoms. The van der Waals surface area contributed by atoms with Crippen LogP contribution in [0, 0.1) is 40.4 Å². The summed E-state index contributed by atoms with van der Waals surface area (Å²) in [5.74, 6) is 2.94. The fourth-order valence-electron chi connectivity index (χ4n) is 7.13. The van der Waals surface area contributed by atoms with Gasteiger partial charge in [0.1, 0.15) is 11.6 Å². The van der Waals surface area contributed by atoms with Gasteiger partial charge in [-0.25, -0.2) is 0 Å². The number of hydrogen-bond acceptors (Lipinski definition) is 3. The third kappa shape index (κ3) is 5.18. The minimum atomic E-state index is -0.299. The molecule has 4 rings (SSSR count). The minimum absolute atomic E-state index is 0.107. The number of hydrogen-bond donors (Lipinski definition) is 1. The lowest BCUT2D eigenvalue weighted by molar-refractivity contribution is -0.159. The molecule has 0 aromatic carbocycles. The zero-order valence-electron chi connectivity index (χ0n) is 21.5. The maximum Gasteiger partial charge on any atom is 0.136 e. The van der Waals surface area contributed by atoms with Crippen LogP contribution in [0.1, 0.15) is 99.8 Å². The molecule has 1 heterocycles. The molecule has 3 nitrogen and oxygen atoms in total. The highest BCUT2D eigenvalue weighted by Gasteiger charge is 2.59. The van der Waals surface area contributed by atoms with Crippen molar-refractivity contribution in [1.29, 1.82) is 0 Å². The Morgan fingerprint density at radius 3 is 2.32 bits per heavy atom. The van der Waals surface area contributed by atoms with Crippen molar-refractivity contribution in [3.63, 3.8) is 0 Å². The molecule has 3 aliphatic carbocycles. The SMILES string of the molecule is C=C1CC[C@@]2(C)C(C1)CC(=O)C1C2CC[C@](C)(C(C)=O)C1CC.CC.CC1CCNC1. The summed E-state index contributed by atoms with van der Waals surface area (Å²) in [6.07, 6.45) is 8.36. The Labute approximate surface area is 192 Å². The Kier molecular flexibility index (Phi) is 9.14. The molecule has 3 heteroatoms. The molecule has 0 aromatic rings. The topological polar surface area (TPSA) is 46.2 Å². The zero-order valence-corrected chi connectivity index (χ0v) is 21.5. The molecule has 1 N–H and O–H groups in total. The van der Waals surface area contributed by atoms with Crippen molar-refractivity contribution >= 4 is 11.6 Å². The molecule has 0 amide bonds. The zero-order chi connectivity index (χ0) is 23.4. The van der Waals surface area contributed by atoms with Crippen LogP contribution in [0.2, 0.25) is 0 Å². The van der Waals surface area contributed by atoms with Crippen molar-refractivity contribution in [3.05, 3.63) is 12.2 Å². The van der Waals surface area contributed by atoms with E-state index >= 15 is 0 Å². The van der Waals surface area contributed by atoms with E-state index in [2.05, 4.69) is 39.6 Å². The molecule has 0 spiro atoms. The summed E-state index contributed by atoms with van der Waals surface area (Å²) in [5.41, 5.74) is 1.30. The summed E-state index contributed by atoms with van der Waals surface area (Å²) in [6.45, 7) is 21.4. The second-order valence-electron chi connectivity index (χ2n) is 11.1. The Bertz CT molecular complexity index is 649. The molecule has 0 bridgehead atoms. The monoisotopic (exact) mass is 431 g/mol. The van der Waals surface area contributed by atoms with E-state index in [1.165, 1.54) is 31.5 Å². The van der Waals surface area contributed by atoms with Gasteiger partial charge in [-0.05, 0) is 87.6 Å². The fraction of sp³-hybridized carbons (Fsp3) is 0.857. The van der Waals surface area contributed by atoms with Gasteiger partial charge in [-0.2, -0.15) is 0 Å². The molecule has 0 radical (unpaired) electrons. The van der Waals surface area contributed by atoms with Crippen molar-refractivity contribution in [1.82, 2.24) is 5.32 Å². The first-order chi connectivity index (χ1) is 14.6. The van der Waals surface area contributed by atoms with Crippen LogP contribution in [-0.4, -0.2) is 24.7 Å². The second-order valence-corrected chi connectivity index (χ2v) is 11.1. The molecule has 1 aliphatic heterocycles. The maximum atomic E-state index is 13.1. The molecule has 0 aromatic heterocycles. The van der Waals surface area contributed by atoms with Gasteiger partial charge in [0.2, 0.25) is 0 Å². The van der Waals surface area contributed by atoms with E-state index < -0.39 is 0 Å². The van der Waals surface area contributed by atoms with Crippen molar-refractivity contribution in [2.75, 3.05) is 13.1 Å². The summed E-state index contributed by atoms with van der Waals surface area (Å²) in [5, 5.41) is 3.27. The van der Waals surface area contributed by atoms with Crippen LogP contribution >= 0.6 is 0 Å². The predicted molar refractivity (Wildman–Crippen MR) is 131 cm³/mol. The quantitative estimate of drug-likeness (QED) is 0.500. The van der Waals surface area contributed by atoms with Crippen molar-refractivity contribution in [3.8, 4) is 0 Å². The van der Waals surface area contributed by atoms with Gasteiger partial charge < -0.3 is 5.32 Å². The summed E-state index contributed by atoms with van der Waals surface area (Å²) in [4.78, 5) is 25.4. The number of Topliss-reactive ketones (excluding diaryl/α,β-unsaturated/α-hetero) is 2. The first kappa shape index (κ1) is 26.3. The summed E-state index contributed by atoms with van der Waals surface area (Å²) >= 11 is 0. The summed E-state index contributed by atoms with van der Waals surface area (Å²) in [7, 11) is 0. The van der Waals surface area contributed by atoms with Crippen molar-refractivity contribution < 1.29 is 9.59 Å². The van der Waals surface area contributed by atoms with Gasteiger partial charge in [0.05, 0.1) is 0 Å². The smallest absolute Gasteiger partial charge is 0.136 e. The molecule has 1 saturated heterocycles. The molecule has 178 valence electrons. The highest BCUT2D eigenvalue weighted by Crippen LogP contribution is 2.63. The molecular formula is C28H49NO2. The Morgan fingerprint density at radius 2 is 1.84 bits per heavy atom. The molecule has 5 unspecified atom stereocenters. The van der Waals surface area contributed by atoms with Crippen molar-refractivity contribution in [2.24, 2.45) is 40.4 Å². The number of nitrogens with one attached hydrogen (secondary N) is 1. The average molecular weight is 432 g/mol. The van der Waals surface area contributed by atoms with Crippen molar-refractivity contribution in [2.45, 2.75) is 99.8 Å². The first-order valence-corrected chi connectivity index (χ1v) is 13.0. The van der Waals surface area contributed by atoms with Crippen LogP contribution < -0.4 is 5.32 Å². The van der Waals surface area contributed by atoms with Gasteiger partial charge in [-0.1, -0.05) is 60.1 Å². The van der Waals surface area contributed by atoms with E-state index in [9.17, 15) is 9.59 Å². The minimum Gasteiger partial charge on any atom is -0.316 e. The van der Waals surface area contributed by atoms with Crippen LogP contribution in [-0.2, 0) is 9.59 Å². The Morgan fingerprint density at radius 1 is 1.16 bits per heavy atom. The van der Waals surface area contributed by atoms with E-state index in [0.717, 1.165) is 38.0 Å². The molecule has 3 saturated carbocycles. The Balaban J connectivity index is 0.000000363. The number of ketones is 2. The van der Waals surface area contributed by atoms with Crippen LogP contribution in [0.25, 0.3) is 0 Å². The van der Waals surface area contributed by atoms with Gasteiger partial charge in [0.25, 0.3) is 0 Å². The third-order valence-electron chi connectivity index (χ3n) is 9.36. The third-order valence-corrected chi connectivity index (χ3v) is 9.36. The number of carbonyl (C=O) groups excluding carboxylic acids is 2. The maximum absolute atomic E-state index is 13.1. The normalized spacial score (nSPS) is 41.7. The van der Waals surface area contributed by atoms with E-state index in [0.29, 0.717) is 24.0 Å². The van der Waals surface area contributed by atoms with Gasteiger partial charge in [0.15, 0.2) is 0 Å². The molecule has 4 fully saturated rings. The molecular weight excluding hydrogens is 382 g/mol. The average Bonchev–Trinajstić information content (AvgIpc) is 3.22. The van der Waals surface area contributed by atoms with Crippen LogP contribution in [0.3, 0.4) is 0 Å². The van der Waals surface area contributed by atoms with Gasteiger partial charge in [-0.15, -0.1) is 0 Å². The molecule has 4 aliphatic rings. The lowest BCUT2D eigenvalue weighted by Gasteiger charge is -2.59. The number of fused-ring (bicyclic) bond motifs is 3. The summed E-state index contributed by atoms with van der Waals surface area (Å²) in [6, 6.07) is 0. The highest BCUT2D eigenvalue weighted by atomic mass is 16.1. The predicted octanol–water partition coefficient (Wildman–Crippen LogP) is 6.61. The van der Waals surface area contributed by atoms with Crippen LogP contribution in [0.15, 0.2) is 12.2 Å². The molecule has 7 atom stereocenters. The fourth-order valence-corrected chi connectivity index (χ4v) is 7.13. The van der Waals surface area contributed by atoms with E-state index in [-0.39, 0.29) is 28.4 Å². The van der Waals surface area contributed by atoms with E-state index in [1.54, 1.807) is 6.92 Å². The second kappa shape index (κ2) is 10.8. The number of allylic oxidation sites excluding steroid dienone is 1. The largest absolute Gasteiger partial charge is 0.316 e. The summed E-state index contributed by atoms with van der Waals surface area (Å²) < 4.78 is 0. The highest BCUT2D eigenvalue weighted by molar-refractivity contribution is 5.87. The Hall–Kier alpha value is -0.960. The number of rotatable bonds is 2. The van der Waals surface area contributed by atoms with Gasteiger partial charge >= 0.3 is 0 Å². The first-order valence-electron chi connectivity index (χ1n) is 13.0. The van der Waals surface area contributed by atoms with E-state index in [4.69, 9.17) is 0 Å². The van der Waals surface area contributed by atoms with Gasteiger partial charge in [-0.3, -0.25) is 9.59 Å². The standard InChI is InChI=1S/C21H32O2.C5H11N.C2H6/c1-6-16-19-17(8-10-20(16,4)14(3)22)21(5)9-7-13(2)11-15(21)12-18(19)23;1-5-2-3-6-4-5;1-2/h15-17,19H,2,6-12H2,1,3-5H3;5-6H,2-4H2,1H3;1-2H3/t15?,16?,17?,19?,20-,21+;;/m1../s1. The van der Waals surface area contributed by atoms with Gasteiger partial charge in [0, 0.05) is 17.8 Å². The van der Waals surface area contributed by atoms with Crippen LogP contribution in [0.5, 0.6) is 0 Å².